The van der Waals surface area contributed by atoms with E-state index in [2.05, 4.69) is 16.0 Å². The number of nitrogens with one attached hydrogen (secondary N) is 4. The molecule has 0 atom stereocenters. The summed E-state index contributed by atoms with van der Waals surface area (Å²) in [7, 11) is 0. The van der Waals surface area contributed by atoms with E-state index in [4.69, 9.17) is 5.41 Å². The van der Waals surface area contributed by atoms with Crippen LogP contribution in [0.25, 0.3) is 0 Å². The van der Waals surface area contributed by atoms with Gasteiger partial charge < -0.3 is 0 Å². The summed E-state index contributed by atoms with van der Waals surface area (Å²) in [6.45, 7) is 11.8. The number of hydrogen-bond donors (Lipinski definition) is 4. The van der Waals surface area contributed by atoms with E-state index >= 15 is 0 Å². The van der Waals surface area contributed by atoms with Crippen molar-refractivity contribution in [3.63, 3.8) is 0 Å². The molecule has 218 valence electrons. The van der Waals surface area contributed by atoms with E-state index < -0.39 is 35.5 Å². The van der Waals surface area contributed by atoms with Gasteiger partial charge in [-0.2, -0.15) is 0 Å². The molecule has 0 radical (unpaired) electrons. The van der Waals surface area contributed by atoms with E-state index in [1.165, 1.54) is 96.3 Å². The van der Waals surface area contributed by atoms with E-state index in [1.54, 1.807) is 4.90 Å². The molecule has 0 bridgehead atoms. The molecule has 0 saturated heterocycles. The van der Waals surface area contributed by atoms with Gasteiger partial charge in [0, 0.05) is 0 Å². The number of rotatable bonds is 5. The Hall–Kier alpha value is -0.991. The van der Waals surface area contributed by atoms with Crippen LogP contribution in [0.5, 0.6) is 0 Å². The molecule has 8 heteroatoms. The van der Waals surface area contributed by atoms with Crippen LogP contribution in [-0.4, -0.2) is 56.9 Å². The molecule has 7 nitrogen and oxygen atoms in total. The summed E-state index contributed by atoms with van der Waals surface area (Å²) in [6.07, 6.45) is 19.9. The van der Waals surface area contributed by atoms with Gasteiger partial charge in [-0.3, -0.25) is 0 Å². The van der Waals surface area contributed by atoms with Gasteiger partial charge in [0.15, 0.2) is 0 Å². The number of carbonyl (C=O) groups excluding carboxylic acids is 2. The predicted octanol–water partition coefficient (Wildman–Crippen LogP) is 7.82. The standard InChI is InChI=1S/C12H24N5O2.3C6H11.Sn/c1-11(2,3)15-9(18)14-8(13)17(7)10(19)16-12(4,5)6;3*1-2-4-6-5-3-1;/h7H2,1-6H3,(H,16,19)(H3,13,14,15,18);3*1H,2-6H2;. The van der Waals surface area contributed by atoms with Crippen molar-refractivity contribution in [1.82, 2.24) is 20.9 Å². The van der Waals surface area contributed by atoms with E-state index in [9.17, 15) is 9.59 Å². The third-order valence-electron chi connectivity index (χ3n) is 9.25. The quantitative estimate of drug-likeness (QED) is 0.140. The summed E-state index contributed by atoms with van der Waals surface area (Å²) in [6, 6.07) is -0.632. The Morgan fingerprint density at radius 1 is 0.684 bits per heavy atom. The van der Waals surface area contributed by atoms with Gasteiger partial charge in [-0.05, 0) is 0 Å². The number of hydrogen-bond acceptors (Lipinski definition) is 3. The Morgan fingerprint density at radius 2 is 1.05 bits per heavy atom. The van der Waals surface area contributed by atoms with Crippen LogP contribution in [0.4, 0.5) is 9.59 Å². The zero-order valence-electron chi connectivity index (χ0n) is 25.3. The molecular formula is C30H57N5O2Sn. The zero-order valence-corrected chi connectivity index (χ0v) is 28.2. The molecule has 4 amide bonds. The third-order valence-corrected chi connectivity index (χ3v) is 29.7. The first-order chi connectivity index (χ1) is 17.8. The fourth-order valence-corrected chi connectivity index (χ4v) is 30.8. The average molecular weight is 639 g/mol. The second-order valence-electron chi connectivity index (χ2n) is 14.6. The minimum absolute atomic E-state index is 0.0583. The van der Waals surface area contributed by atoms with Gasteiger partial charge in [0.1, 0.15) is 0 Å². The summed E-state index contributed by atoms with van der Waals surface area (Å²) in [5.41, 5.74) is -0.833. The molecule has 0 unspecified atom stereocenters. The van der Waals surface area contributed by atoms with E-state index in [-0.39, 0.29) is 12.0 Å². The number of guanidine groups is 1. The fraction of sp³-hybridized carbons (Fsp3) is 0.900. The Balaban J connectivity index is 2.03. The first-order valence-electron chi connectivity index (χ1n) is 15.6. The van der Waals surface area contributed by atoms with E-state index in [0.717, 1.165) is 16.4 Å². The monoisotopic (exact) mass is 639 g/mol. The van der Waals surface area contributed by atoms with Crippen LogP contribution in [0.15, 0.2) is 0 Å². The normalized spacial score (nSPS) is 21.0. The predicted molar refractivity (Wildman–Crippen MR) is 160 cm³/mol. The molecule has 3 aliphatic rings. The number of urea groups is 2. The van der Waals surface area contributed by atoms with Gasteiger partial charge >= 0.3 is 238 Å². The Bertz CT molecular complexity index is 755. The molecule has 0 aromatic rings. The van der Waals surface area contributed by atoms with Crippen LogP contribution >= 0.6 is 0 Å². The molecule has 3 fully saturated rings. The van der Waals surface area contributed by atoms with E-state index in [1.807, 2.05) is 41.5 Å². The third kappa shape index (κ3) is 8.75. The molecule has 0 heterocycles. The topological polar surface area (TPSA) is 97.3 Å². The Kier molecular flexibility index (Phi) is 11.3. The van der Waals surface area contributed by atoms with Crippen molar-refractivity contribution in [3.8, 4) is 0 Å². The van der Waals surface area contributed by atoms with E-state index in [0.29, 0.717) is 0 Å². The van der Waals surface area contributed by atoms with Gasteiger partial charge in [0.25, 0.3) is 0 Å². The first-order valence-corrected chi connectivity index (χ1v) is 22.6. The molecule has 0 aromatic heterocycles. The molecule has 0 aliphatic heterocycles. The Morgan fingerprint density at radius 3 is 1.39 bits per heavy atom. The summed E-state index contributed by atoms with van der Waals surface area (Å²) in [5.74, 6) is -0.0583. The van der Waals surface area contributed by atoms with Crippen molar-refractivity contribution in [3.05, 3.63) is 0 Å². The molecule has 0 aromatic carbocycles. The van der Waals surface area contributed by atoms with Gasteiger partial charge in [-0.1, -0.05) is 0 Å². The van der Waals surface area contributed by atoms with Gasteiger partial charge in [0.2, 0.25) is 0 Å². The van der Waals surface area contributed by atoms with Crippen molar-refractivity contribution >= 4 is 36.4 Å². The first kappa shape index (κ1) is 31.5. The van der Waals surface area contributed by atoms with Gasteiger partial charge in [-0.15, -0.1) is 0 Å². The second-order valence-corrected chi connectivity index (χ2v) is 28.8. The molecule has 3 saturated carbocycles. The van der Waals surface area contributed by atoms with Crippen LogP contribution in [0, 0.1) is 5.41 Å². The van der Waals surface area contributed by atoms with Crippen LogP contribution in [0.2, 0.25) is 11.8 Å². The molecule has 3 rings (SSSR count). The maximum atomic E-state index is 13.9. The van der Waals surface area contributed by atoms with Crippen LogP contribution in [0.3, 0.4) is 0 Å². The van der Waals surface area contributed by atoms with Crippen LogP contribution in [-0.2, 0) is 0 Å². The molecule has 4 N–H and O–H groups in total. The van der Waals surface area contributed by atoms with Crippen molar-refractivity contribution in [2.45, 2.75) is 161 Å². The zero-order chi connectivity index (χ0) is 28.0. The summed E-state index contributed by atoms with van der Waals surface area (Å²) >= 11 is -3.17. The average Bonchev–Trinajstić information content (AvgIpc) is 2.84. The van der Waals surface area contributed by atoms with Crippen molar-refractivity contribution < 1.29 is 9.59 Å². The number of amides is 4. The molecule has 38 heavy (non-hydrogen) atoms. The van der Waals surface area contributed by atoms with Crippen LogP contribution < -0.4 is 16.0 Å². The minimum atomic E-state index is -3.17. The number of nitrogens with zero attached hydrogens (tertiary/aromatic N) is 1. The molecule has 3 aliphatic carbocycles. The van der Waals surface area contributed by atoms with Crippen molar-refractivity contribution in [1.29, 1.82) is 5.41 Å². The maximum absolute atomic E-state index is 13.9. The van der Waals surface area contributed by atoms with Crippen LogP contribution in [0.1, 0.15) is 138 Å². The SMILES string of the molecule is CC(C)(C)NC(=O)NC(=N)N([CH2][Sn]([CH]1CCCCC1)([CH]1CCCCC1)[CH]1CCCCC1)C(=O)NC(C)(C)C. The second kappa shape index (κ2) is 13.6. The molecule has 0 spiro atoms. The summed E-state index contributed by atoms with van der Waals surface area (Å²) in [5, 5.41) is 17.9. The van der Waals surface area contributed by atoms with Crippen molar-refractivity contribution in [2.75, 3.05) is 4.56 Å². The van der Waals surface area contributed by atoms with Crippen molar-refractivity contribution in [2.24, 2.45) is 0 Å². The molecular weight excluding hydrogens is 581 g/mol. The summed E-state index contributed by atoms with van der Waals surface area (Å²) in [4.78, 5) is 28.5. The Labute approximate surface area is 236 Å². The fourth-order valence-electron chi connectivity index (χ4n) is 7.77. The van der Waals surface area contributed by atoms with Gasteiger partial charge in [-0.25, -0.2) is 0 Å². The van der Waals surface area contributed by atoms with Gasteiger partial charge in [0.05, 0.1) is 0 Å². The number of carbonyl (C=O) groups is 2. The summed E-state index contributed by atoms with van der Waals surface area (Å²) < 4.78 is 3.09.